The van der Waals surface area contributed by atoms with Crippen molar-refractivity contribution in [3.63, 3.8) is 0 Å². The van der Waals surface area contributed by atoms with Crippen molar-refractivity contribution >= 4 is 28.8 Å². The molecule has 2 N–H and O–H groups in total. The van der Waals surface area contributed by atoms with E-state index in [-0.39, 0.29) is 17.7 Å². The summed E-state index contributed by atoms with van der Waals surface area (Å²) in [5.41, 5.74) is 4.61. The van der Waals surface area contributed by atoms with Gasteiger partial charge in [-0.25, -0.2) is 0 Å². The summed E-state index contributed by atoms with van der Waals surface area (Å²) in [5.74, 6) is 1.74. The van der Waals surface area contributed by atoms with Gasteiger partial charge < -0.3 is 15.1 Å². The number of allylic oxidation sites excluding steroid dienone is 1. The Kier molecular flexibility index (Phi) is 4.44. The Morgan fingerprint density at radius 2 is 1.72 bits per heavy atom. The average Bonchev–Trinajstić information content (AvgIpc) is 3.06. The number of rotatable bonds is 2. The maximum Gasteiger partial charge on any atom is 0.163 e. The van der Waals surface area contributed by atoms with E-state index in [9.17, 15) is 4.79 Å². The minimum Gasteiger partial charge on any atom is -0.464 e. The van der Waals surface area contributed by atoms with Crippen molar-refractivity contribution in [3.8, 4) is 0 Å². The Morgan fingerprint density at radius 3 is 2.48 bits per heavy atom. The van der Waals surface area contributed by atoms with E-state index in [0.29, 0.717) is 11.4 Å². The first-order chi connectivity index (χ1) is 14.1. The number of Topliss-reactive ketones (excluding diaryl/α,β-unsaturated/α-hetero) is 1. The van der Waals surface area contributed by atoms with Crippen LogP contribution in [-0.4, -0.2) is 5.78 Å². The molecule has 0 spiro atoms. The van der Waals surface area contributed by atoms with Gasteiger partial charge in [0.05, 0.1) is 11.4 Å². The zero-order valence-corrected chi connectivity index (χ0v) is 16.8. The molecule has 0 radical (unpaired) electrons. The van der Waals surface area contributed by atoms with Crippen molar-refractivity contribution < 1.29 is 9.21 Å². The average molecular weight is 405 g/mol. The summed E-state index contributed by atoms with van der Waals surface area (Å²) in [6.45, 7) is 1.91. The Hall–Kier alpha value is -2.98. The Labute approximate surface area is 174 Å². The van der Waals surface area contributed by atoms with E-state index in [2.05, 4.69) is 10.6 Å². The van der Waals surface area contributed by atoms with Crippen molar-refractivity contribution in [3.05, 3.63) is 94.0 Å². The van der Waals surface area contributed by atoms with Crippen molar-refractivity contribution in [2.45, 2.75) is 31.7 Å². The van der Waals surface area contributed by atoms with Gasteiger partial charge >= 0.3 is 0 Å². The maximum atomic E-state index is 13.4. The maximum absolute atomic E-state index is 13.4. The summed E-state index contributed by atoms with van der Waals surface area (Å²) >= 11 is 6.45. The van der Waals surface area contributed by atoms with Crippen molar-refractivity contribution in [1.82, 2.24) is 0 Å². The van der Waals surface area contributed by atoms with Gasteiger partial charge in [0.2, 0.25) is 0 Å². The lowest BCUT2D eigenvalue weighted by atomic mass is 9.79. The first kappa shape index (κ1) is 18.1. The molecule has 0 saturated carbocycles. The molecule has 0 bridgehead atoms. The van der Waals surface area contributed by atoms with E-state index < -0.39 is 0 Å². The fourth-order valence-corrected chi connectivity index (χ4v) is 4.63. The molecule has 2 atom stereocenters. The number of hydrogen-bond donors (Lipinski definition) is 2. The van der Waals surface area contributed by atoms with Crippen LogP contribution in [0, 0.1) is 6.92 Å². The Morgan fingerprint density at radius 1 is 0.966 bits per heavy atom. The molecule has 0 amide bonds. The first-order valence-corrected chi connectivity index (χ1v) is 10.2. The van der Waals surface area contributed by atoms with E-state index in [1.165, 1.54) is 0 Å². The molecule has 0 unspecified atom stereocenters. The van der Waals surface area contributed by atoms with E-state index in [1.807, 2.05) is 67.6 Å². The first-order valence-electron chi connectivity index (χ1n) is 9.80. The number of hydrogen-bond acceptors (Lipinski definition) is 4. The second-order valence-corrected chi connectivity index (χ2v) is 8.05. The summed E-state index contributed by atoms with van der Waals surface area (Å²) in [4.78, 5) is 13.4. The second kappa shape index (κ2) is 7.12. The van der Waals surface area contributed by atoms with E-state index in [0.717, 1.165) is 46.1 Å². The molecule has 0 saturated heterocycles. The molecule has 3 aromatic rings. The Bertz CT molecular complexity index is 1130. The number of fused-ring (bicyclic) bond motifs is 1. The van der Waals surface area contributed by atoms with Crippen LogP contribution < -0.4 is 10.6 Å². The van der Waals surface area contributed by atoms with Crippen LogP contribution in [0.1, 0.15) is 41.9 Å². The van der Waals surface area contributed by atoms with Crippen LogP contribution in [0.25, 0.3) is 0 Å². The van der Waals surface area contributed by atoms with Gasteiger partial charge in [0.15, 0.2) is 5.78 Å². The SMILES string of the molecule is Cc1ccc([C@H]2Nc3ccccc3NC3=C2C(=O)C[C@H](c2ccccc2Cl)C3)o1. The topological polar surface area (TPSA) is 54.3 Å². The molecule has 1 aliphatic carbocycles. The summed E-state index contributed by atoms with van der Waals surface area (Å²) in [6.07, 6.45) is 1.15. The lowest BCUT2D eigenvalue weighted by molar-refractivity contribution is -0.116. The predicted molar refractivity (Wildman–Crippen MR) is 115 cm³/mol. The number of aryl methyl sites for hydroxylation is 1. The van der Waals surface area contributed by atoms with E-state index in [4.69, 9.17) is 16.0 Å². The number of benzene rings is 2. The largest absolute Gasteiger partial charge is 0.464 e. The van der Waals surface area contributed by atoms with Gasteiger partial charge in [0, 0.05) is 22.7 Å². The third kappa shape index (κ3) is 3.23. The molecule has 2 heterocycles. The molecule has 4 nitrogen and oxygen atoms in total. The second-order valence-electron chi connectivity index (χ2n) is 7.64. The molecule has 2 aromatic carbocycles. The van der Waals surface area contributed by atoms with E-state index >= 15 is 0 Å². The standard InChI is InChI=1S/C24H21ClN2O2/c1-14-10-11-22(29-14)24-23-20(26-18-8-4-5-9-19(18)27-24)12-15(13-21(23)28)16-6-2-3-7-17(16)25/h2-11,15,24,26-27H,12-13H2,1H3/t15-,24-/m1/s1. The van der Waals surface area contributed by atoms with E-state index in [1.54, 1.807) is 0 Å². The number of furan rings is 1. The highest BCUT2D eigenvalue weighted by atomic mass is 35.5. The molecule has 1 aliphatic heterocycles. The third-order valence-electron chi connectivity index (χ3n) is 5.70. The highest BCUT2D eigenvalue weighted by Crippen LogP contribution is 2.45. The van der Waals surface area contributed by atoms with Crippen molar-refractivity contribution in [2.24, 2.45) is 0 Å². The zero-order chi connectivity index (χ0) is 20.0. The molecule has 5 rings (SSSR count). The Balaban J connectivity index is 1.62. The minimum atomic E-state index is -0.324. The van der Waals surface area contributed by atoms with Crippen LogP contribution in [0.5, 0.6) is 0 Å². The predicted octanol–water partition coefficient (Wildman–Crippen LogP) is 6.22. The van der Waals surface area contributed by atoms with Crippen molar-refractivity contribution in [1.29, 1.82) is 0 Å². The minimum absolute atomic E-state index is 0.0479. The van der Waals surface area contributed by atoms with Gasteiger partial charge in [0.1, 0.15) is 17.6 Å². The van der Waals surface area contributed by atoms with Gasteiger partial charge in [-0.15, -0.1) is 0 Å². The molecule has 0 fully saturated rings. The summed E-state index contributed by atoms with van der Waals surface area (Å²) in [6, 6.07) is 19.3. The normalized spacial score (nSPS) is 21.0. The van der Waals surface area contributed by atoms with Gasteiger partial charge in [-0.2, -0.15) is 0 Å². The molecule has 146 valence electrons. The highest BCUT2D eigenvalue weighted by Gasteiger charge is 2.37. The monoisotopic (exact) mass is 404 g/mol. The number of para-hydroxylation sites is 2. The van der Waals surface area contributed by atoms with Crippen LogP contribution in [-0.2, 0) is 4.79 Å². The fraction of sp³-hybridized carbons (Fsp3) is 0.208. The highest BCUT2D eigenvalue weighted by molar-refractivity contribution is 6.31. The number of ketones is 1. The third-order valence-corrected chi connectivity index (χ3v) is 6.04. The van der Waals surface area contributed by atoms with Gasteiger partial charge in [-0.3, -0.25) is 4.79 Å². The molecule has 2 aliphatic rings. The number of carbonyl (C=O) groups excluding carboxylic acids is 1. The van der Waals surface area contributed by atoms with Crippen LogP contribution in [0.2, 0.25) is 5.02 Å². The summed E-state index contributed by atoms with van der Waals surface area (Å²) < 4.78 is 5.92. The van der Waals surface area contributed by atoms with Crippen LogP contribution in [0.15, 0.2) is 76.4 Å². The molecule has 5 heteroatoms. The number of nitrogens with one attached hydrogen (secondary N) is 2. The zero-order valence-electron chi connectivity index (χ0n) is 16.0. The van der Waals surface area contributed by atoms with Gasteiger partial charge in [0.25, 0.3) is 0 Å². The lowest BCUT2D eigenvalue weighted by Gasteiger charge is -2.29. The fourth-order valence-electron chi connectivity index (χ4n) is 4.34. The smallest absolute Gasteiger partial charge is 0.163 e. The number of carbonyl (C=O) groups is 1. The summed E-state index contributed by atoms with van der Waals surface area (Å²) in [7, 11) is 0. The number of anilines is 2. The number of halogens is 1. The van der Waals surface area contributed by atoms with Gasteiger partial charge in [-0.05, 0) is 55.2 Å². The quantitative estimate of drug-likeness (QED) is 0.532. The van der Waals surface area contributed by atoms with Crippen LogP contribution in [0.3, 0.4) is 0 Å². The van der Waals surface area contributed by atoms with Gasteiger partial charge in [-0.1, -0.05) is 41.9 Å². The lowest BCUT2D eigenvalue weighted by Crippen LogP contribution is -2.26. The van der Waals surface area contributed by atoms with Crippen LogP contribution in [0.4, 0.5) is 11.4 Å². The molecule has 1 aromatic heterocycles. The molecular weight excluding hydrogens is 384 g/mol. The van der Waals surface area contributed by atoms with Crippen molar-refractivity contribution in [2.75, 3.05) is 10.6 Å². The summed E-state index contributed by atoms with van der Waals surface area (Å²) in [5, 5.41) is 7.76. The molecular formula is C24H21ClN2O2. The van der Waals surface area contributed by atoms with Crippen LogP contribution >= 0.6 is 11.6 Å². The molecule has 29 heavy (non-hydrogen) atoms.